The predicted octanol–water partition coefficient (Wildman–Crippen LogP) is 2.44. The van der Waals surface area contributed by atoms with Gasteiger partial charge in [-0.1, -0.05) is 0 Å². The van der Waals surface area contributed by atoms with Crippen LogP contribution in [0.1, 0.15) is 5.69 Å². The largest absolute Gasteiger partial charge is 0.398 e. The third-order valence-corrected chi connectivity index (χ3v) is 3.41. The maximum Gasteiger partial charge on any atom is 0.169 e. The van der Waals surface area contributed by atoms with E-state index in [2.05, 4.69) is 31.1 Å². The molecule has 18 heavy (non-hydrogen) atoms. The van der Waals surface area contributed by atoms with Crippen molar-refractivity contribution in [3.8, 4) is 11.4 Å². The number of nitrogens with two attached hydrogens (primary N) is 1. The molecule has 2 N–H and O–H groups in total. The average molecular weight is 304 g/mol. The number of anilines is 1. The van der Waals surface area contributed by atoms with Gasteiger partial charge in [0.2, 0.25) is 0 Å². The van der Waals surface area contributed by atoms with Crippen LogP contribution in [0, 0.1) is 6.92 Å². The Morgan fingerprint density at radius 2 is 2.06 bits per heavy atom. The molecule has 0 radical (unpaired) electrons. The first-order valence-electron chi connectivity index (χ1n) is 5.38. The molecular weight excluding hydrogens is 294 g/mol. The Balaban J connectivity index is 2.22. The average Bonchev–Trinajstić information content (AvgIpc) is 2.75. The molecule has 1 aromatic carbocycles. The molecule has 0 saturated heterocycles. The molecule has 0 aliphatic rings. The van der Waals surface area contributed by atoms with Gasteiger partial charge in [0, 0.05) is 27.5 Å². The van der Waals surface area contributed by atoms with Crippen molar-refractivity contribution in [3.63, 3.8) is 0 Å². The van der Waals surface area contributed by atoms with Gasteiger partial charge in [-0.05, 0) is 41.1 Å². The Morgan fingerprint density at radius 3 is 2.83 bits per heavy atom. The molecular formula is C12H10BrN5. The highest BCUT2D eigenvalue weighted by atomic mass is 79.9. The molecule has 0 amide bonds. The van der Waals surface area contributed by atoms with Gasteiger partial charge in [-0.25, -0.2) is 4.98 Å². The van der Waals surface area contributed by atoms with Crippen molar-refractivity contribution in [2.75, 3.05) is 5.73 Å². The maximum atomic E-state index is 5.87. The lowest BCUT2D eigenvalue weighted by atomic mass is 10.2. The van der Waals surface area contributed by atoms with Gasteiger partial charge in [-0.2, -0.15) is 0 Å². The molecule has 2 aromatic heterocycles. The summed E-state index contributed by atoms with van der Waals surface area (Å²) >= 11 is 3.37. The number of nitrogen functional groups attached to an aromatic ring is 1. The molecule has 2 heterocycles. The van der Waals surface area contributed by atoms with Crippen molar-refractivity contribution in [3.05, 3.63) is 40.8 Å². The molecule has 90 valence electrons. The number of hydrogen-bond acceptors (Lipinski definition) is 4. The zero-order valence-corrected chi connectivity index (χ0v) is 11.2. The molecule has 5 nitrogen and oxygen atoms in total. The lowest BCUT2D eigenvalue weighted by Gasteiger charge is -2.03. The lowest BCUT2D eigenvalue weighted by Crippen LogP contribution is -1.94. The summed E-state index contributed by atoms with van der Waals surface area (Å²) < 4.78 is 2.71. The molecule has 0 atom stereocenters. The number of aryl methyl sites for hydroxylation is 1. The SMILES string of the molecule is Cc1cc2nnc(-c3ccc(Br)c(N)c3)n2cn1. The summed E-state index contributed by atoms with van der Waals surface area (Å²) in [6.45, 7) is 1.92. The first-order valence-corrected chi connectivity index (χ1v) is 6.17. The van der Waals surface area contributed by atoms with Crippen LogP contribution < -0.4 is 5.73 Å². The van der Waals surface area contributed by atoms with Gasteiger partial charge in [0.05, 0.1) is 0 Å². The van der Waals surface area contributed by atoms with Crippen LogP contribution in [0.2, 0.25) is 0 Å². The topological polar surface area (TPSA) is 69.1 Å². The summed E-state index contributed by atoms with van der Waals surface area (Å²) in [5, 5.41) is 8.31. The zero-order valence-electron chi connectivity index (χ0n) is 9.63. The van der Waals surface area contributed by atoms with Crippen LogP contribution in [0.5, 0.6) is 0 Å². The summed E-state index contributed by atoms with van der Waals surface area (Å²) in [7, 11) is 0. The predicted molar refractivity (Wildman–Crippen MR) is 73.1 cm³/mol. The van der Waals surface area contributed by atoms with Crippen LogP contribution in [-0.4, -0.2) is 19.6 Å². The molecule has 0 spiro atoms. The quantitative estimate of drug-likeness (QED) is 0.701. The minimum absolute atomic E-state index is 0.671. The van der Waals surface area contributed by atoms with Crippen LogP contribution in [0.15, 0.2) is 35.1 Å². The summed E-state index contributed by atoms with van der Waals surface area (Å²) in [5.74, 6) is 0.733. The number of hydrogen-bond donors (Lipinski definition) is 1. The highest BCUT2D eigenvalue weighted by molar-refractivity contribution is 9.10. The second-order valence-corrected chi connectivity index (χ2v) is 4.87. The summed E-state index contributed by atoms with van der Waals surface area (Å²) in [6, 6.07) is 7.59. The van der Waals surface area contributed by atoms with Crippen LogP contribution >= 0.6 is 15.9 Å². The van der Waals surface area contributed by atoms with Crippen molar-refractivity contribution in [1.29, 1.82) is 0 Å². The van der Waals surface area contributed by atoms with Crippen LogP contribution in [0.3, 0.4) is 0 Å². The zero-order chi connectivity index (χ0) is 12.7. The van der Waals surface area contributed by atoms with Crippen molar-refractivity contribution in [2.45, 2.75) is 6.92 Å². The minimum Gasteiger partial charge on any atom is -0.398 e. The van der Waals surface area contributed by atoms with E-state index < -0.39 is 0 Å². The Bertz CT molecular complexity index is 734. The van der Waals surface area contributed by atoms with E-state index in [1.807, 2.05) is 35.6 Å². The molecule has 3 aromatic rings. The van der Waals surface area contributed by atoms with E-state index in [1.165, 1.54) is 0 Å². The van der Waals surface area contributed by atoms with Gasteiger partial charge in [-0.15, -0.1) is 10.2 Å². The van der Waals surface area contributed by atoms with E-state index in [1.54, 1.807) is 6.33 Å². The summed E-state index contributed by atoms with van der Waals surface area (Å²) in [6.07, 6.45) is 1.72. The van der Waals surface area contributed by atoms with Gasteiger partial charge in [0.25, 0.3) is 0 Å². The van der Waals surface area contributed by atoms with Gasteiger partial charge in [-0.3, -0.25) is 4.40 Å². The Morgan fingerprint density at radius 1 is 1.22 bits per heavy atom. The van der Waals surface area contributed by atoms with Crippen molar-refractivity contribution in [2.24, 2.45) is 0 Å². The molecule has 0 saturated carbocycles. The van der Waals surface area contributed by atoms with E-state index in [4.69, 9.17) is 5.73 Å². The van der Waals surface area contributed by atoms with Crippen molar-refractivity contribution < 1.29 is 0 Å². The van der Waals surface area contributed by atoms with Crippen LogP contribution in [0.25, 0.3) is 17.0 Å². The molecule has 3 rings (SSSR count). The second kappa shape index (κ2) is 4.06. The number of fused-ring (bicyclic) bond motifs is 1. The normalized spacial score (nSPS) is 11.0. The number of rotatable bonds is 1. The highest BCUT2D eigenvalue weighted by Gasteiger charge is 2.09. The van der Waals surface area contributed by atoms with E-state index in [9.17, 15) is 0 Å². The maximum absolute atomic E-state index is 5.87. The highest BCUT2D eigenvalue weighted by Crippen LogP contribution is 2.26. The number of halogens is 1. The summed E-state index contributed by atoms with van der Waals surface area (Å²) in [5.41, 5.74) is 9.15. The monoisotopic (exact) mass is 303 g/mol. The minimum atomic E-state index is 0.671. The lowest BCUT2D eigenvalue weighted by molar-refractivity contribution is 1.05. The van der Waals surface area contributed by atoms with Gasteiger partial charge < -0.3 is 5.73 Å². The number of benzene rings is 1. The molecule has 0 fully saturated rings. The molecule has 0 bridgehead atoms. The van der Waals surface area contributed by atoms with E-state index in [0.29, 0.717) is 5.69 Å². The van der Waals surface area contributed by atoms with Gasteiger partial charge >= 0.3 is 0 Å². The van der Waals surface area contributed by atoms with Crippen LogP contribution in [-0.2, 0) is 0 Å². The fourth-order valence-corrected chi connectivity index (χ4v) is 2.01. The smallest absolute Gasteiger partial charge is 0.169 e. The van der Waals surface area contributed by atoms with Crippen LogP contribution in [0.4, 0.5) is 5.69 Å². The molecule has 0 aliphatic heterocycles. The Kier molecular flexibility index (Phi) is 2.52. The third-order valence-electron chi connectivity index (χ3n) is 2.69. The van der Waals surface area contributed by atoms with Crippen molar-refractivity contribution >= 4 is 27.3 Å². The van der Waals surface area contributed by atoms with Gasteiger partial charge in [0.15, 0.2) is 11.5 Å². The van der Waals surface area contributed by atoms with Gasteiger partial charge in [0.1, 0.15) is 6.33 Å². The van der Waals surface area contributed by atoms with E-state index in [0.717, 1.165) is 27.2 Å². The fraction of sp³-hybridized carbons (Fsp3) is 0.0833. The molecule has 0 unspecified atom stereocenters. The van der Waals surface area contributed by atoms with Crippen molar-refractivity contribution in [1.82, 2.24) is 19.6 Å². The first kappa shape index (κ1) is 11.2. The Hall–Kier alpha value is -1.95. The van der Waals surface area contributed by atoms with E-state index >= 15 is 0 Å². The third kappa shape index (κ3) is 1.74. The van der Waals surface area contributed by atoms with E-state index in [-0.39, 0.29) is 0 Å². The second-order valence-electron chi connectivity index (χ2n) is 4.02. The molecule has 0 aliphatic carbocycles. The first-order chi connectivity index (χ1) is 8.65. The number of aromatic nitrogens is 4. The standard InChI is InChI=1S/C12H10BrN5/c1-7-4-11-16-17-12(18(11)6-15-7)8-2-3-9(13)10(14)5-8/h2-6H,14H2,1H3. The molecule has 6 heteroatoms. The summed E-state index contributed by atoms with van der Waals surface area (Å²) in [4.78, 5) is 4.25. The Labute approximate surface area is 112 Å². The fourth-order valence-electron chi connectivity index (χ4n) is 1.77. The number of nitrogens with zero attached hydrogens (tertiary/aromatic N) is 4.